The minimum atomic E-state index is -0.515. The zero-order valence-electron chi connectivity index (χ0n) is 31.4. The summed E-state index contributed by atoms with van der Waals surface area (Å²) in [5.41, 5.74) is 0. The molecule has 5 rings (SSSR count). The summed E-state index contributed by atoms with van der Waals surface area (Å²) >= 11 is 0. The standard InChI is InChI=1S/C42H70N2O6/c1-3-8-33(27-46)34-21-29(19-28-15-17-44-42(22-28)43-16-7-18-45)20-31-12-14-36(30-9-5-4-6-10-30)37-26-40(49)41(50-2)24-32(37)11-13-35(47)25-39(48)38(31)23-34/h28-34,36-38,40-46,49H,3-11,13,15-27H2,1-2H3/p+1/t28?,29-,31+,32?,33-,34-,36-,37?,38-,40?,41?,42?/m1/s1. The van der Waals surface area contributed by atoms with Gasteiger partial charge in [-0.3, -0.25) is 14.9 Å². The van der Waals surface area contributed by atoms with Crippen molar-refractivity contribution < 1.29 is 35.0 Å². The second-order valence-electron chi connectivity index (χ2n) is 17.2. The molecule has 3 saturated carbocycles. The number of ether oxygens (including phenoxy) is 1. The third-order valence-corrected chi connectivity index (χ3v) is 13.9. The van der Waals surface area contributed by atoms with Crippen LogP contribution in [0.2, 0.25) is 0 Å². The highest BCUT2D eigenvalue weighted by molar-refractivity contribution is 6.00. The van der Waals surface area contributed by atoms with Gasteiger partial charge in [-0.15, -0.1) is 0 Å². The molecule has 0 bridgehead atoms. The number of nitrogens with two attached hydrogens (primary N) is 1. The molecular formula is C42H71N2O6+. The molecule has 6 N–H and O–H groups in total. The summed E-state index contributed by atoms with van der Waals surface area (Å²) in [6.07, 6.45) is 17.1. The largest absolute Gasteiger partial charge is 0.396 e. The molecule has 12 atom stereocenters. The van der Waals surface area contributed by atoms with Gasteiger partial charge in [0.1, 0.15) is 17.7 Å². The predicted molar refractivity (Wildman–Crippen MR) is 196 cm³/mol. The van der Waals surface area contributed by atoms with E-state index < -0.39 is 6.10 Å². The number of ketones is 2. The van der Waals surface area contributed by atoms with E-state index in [1.165, 1.54) is 38.5 Å². The van der Waals surface area contributed by atoms with Crippen molar-refractivity contribution in [2.45, 2.75) is 147 Å². The molecule has 8 heteroatoms. The van der Waals surface area contributed by atoms with Crippen molar-refractivity contribution in [2.24, 2.45) is 59.2 Å². The van der Waals surface area contributed by atoms with Gasteiger partial charge in [-0.2, -0.15) is 0 Å². The molecule has 1 aliphatic heterocycles. The van der Waals surface area contributed by atoms with Crippen molar-refractivity contribution in [2.75, 3.05) is 33.4 Å². The van der Waals surface area contributed by atoms with Crippen molar-refractivity contribution in [3.63, 3.8) is 0 Å². The molecule has 0 radical (unpaired) electrons. The Balaban J connectivity index is 1.48. The summed E-state index contributed by atoms with van der Waals surface area (Å²) in [6, 6.07) is 0. The number of fused-ring (bicyclic) bond motifs is 2. The van der Waals surface area contributed by atoms with Crippen LogP contribution in [0.15, 0.2) is 0 Å². The van der Waals surface area contributed by atoms with Crippen LogP contribution in [0, 0.1) is 71.0 Å². The first-order valence-corrected chi connectivity index (χ1v) is 20.9. The van der Waals surface area contributed by atoms with Crippen molar-refractivity contribution in [1.82, 2.24) is 5.32 Å². The van der Waals surface area contributed by atoms with Crippen molar-refractivity contribution >= 4 is 11.6 Å². The van der Waals surface area contributed by atoms with Crippen LogP contribution in [0.1, 0.15) is 129 Å². The zero-order chi connectivity index (χ0) is 35.5. The number of methoxy groups -OCH3 is 1. The molecule has 1 saturated heterocycles. The molecule has 1 heterocycles. The van der Waals surface area contributed by atoms with Crippen molar-refractivity contribution in [3.05, 3.63) is 0 Å². The summed E-state index contributed by atoms with van der Waals surface area (Å²) < 4.78 is 5.74. The van der Waals surface area contributed by atoms with Gasteiger partial charge in [-0.25, -0.2) is 0 Å². The second-order valence-corrected chi connectivity index (χ2v) is 17.2. The third-order valence-electron chi connectivity index (χ3n) is 13.9. The Hall–Kier alpha value is -1.34. The number of nitrogens with one attached hydrogen (secondary N) is 1. The lowest BCUT2D eigenvalue weighted by atomic mass is 9.63. The Morgan fingerprint density at radius 1 is 0.940 bits per heavy atom. The molecule has 50 heavy (non-hydrogen) atoms. The monoisotopic (exact) mass is 700 g/mol. The van der Waals surface area contributed by atoms with E-state index in [1.54, 1.807) is 7.11 Å². The van der Waals surface area contributed by atoms with Crippen LogP contribution in [0.4, 0.5) is 0 Å². The lowest BCUT2D eigenvalue weighted by Gasteiger charge is -2.44. The van der Waals surface area contributed by atoms with Gasteiger partial charge in [-0.1, -0.05) is 44.4 Å². The molecule has 0 aromatic carbocycles. The summed E-state index contributed by atoms with van der Waals surface area (Å²) in [7, 11) is 1.68. The number of rotatable bonds is 12. The highest BCUT2D eigenvalue weighted by Gasteiger charge is 2.44. The molecule has 6 unspecified atom stereocenters. The third kappa shape index (κ3) is 10.9. The minimum absolute atomic E-state index is 0.00275. The maximum absolute atomic E-state index is 14.3. The Kier molecular flexibility index (Phi) is 16.1. The first kappa shape index (κ1) is 39.9. The quantitative estimate of drug-likeness (QED) is 0.114. The van der Waals surface area contributed by atoms with Gasteiger partial charge in [0, 0.05) is 57.5 Å². The molecular weight excluding hydrogens is 628 g/mol. The van der Waals surface area contributed by atoms with Gasteiger partial charge in [0.15, 0.2) is 0 Å². The number of aliphatic hydroxyl groups excluding tert-OH is 3. The molecule has 4 aliphatic carbocycles. The summed E-state index contributed by atoms with van der Waals surface area (Å²) in [5, 5.41) is 37.2. The highest BCUT2D eigenvalue weighted by Crippen LogP contribution is 2.47. The molecule has 5 aliphatic rings. The molecule has 0 spiro atoms. The van der Waals surface area contributed by atoms with Gasteiger partial charge in [-0.05, 0) is 118 Å². The van der Waals surface area contributed by atoms with E-state index in [-0.39, 0.29) is 78.7 Å². The second kappa shape index (κ2) is 20.2. The summed E-state index contributed by atoms with van der Waals surface area (Å²) in [6.45, 7) is 4.47. The van der Waals surface area contributed by atoms with Gasteiger partial charge < -0.3 is 25.4 Å². The smallest absolute Gasteiger partial charge is 0.144 e. The number of hydrogen-bond acceptors (Lipinski definition) is 7. The van der Waals surface area contributed by atoms with Gasteiger partial charge >= 0.3 is 0 Å². The fraction of sp³-hybridized carbons (Fsp3) is 0.905. The Morgan fingerprint density at radius 2 is 1.76 bits per heavy atom. The molecule has 0 aromatic rings. The predicted octanol–water partition coefficient (Wildman–Crippen LogP) is 4.63. The van der Waals surface area contributed by atoms with Crippen molar-refractivity contribution in [1.29, 1.82) is 0 Å². The maximum Gasteiger partial charge on any atom is 0.144 e. The highest BCUT2D eigenvalue weighted by atomic mass is 16.5. The topological polar surface area (TPSA) is 133 Å². The average Bonchev–Trinajstić information content (AvgIpc) is 3.29. The molecule has 0 amide bonds. The minimum Gasteiger partial charge on any atom is -0.396 e. The molecule has 0 aromatic heterocycles. The van der Waals surface area contributed by atoms with E-state index in [4.69, 9.17) is 4.74 Å². The van der Waals surface area contributed by atoms with E-state index in [1.807, 2.05) is 0 Å². The van der Waals surface area contributed by atoms with Crippen LogP contribution in [0.25, 0.3) is 0 Å². The van der Waals surface area contributed by atoms with E-state index in [0.717, 1.165) is 77.3 Å². The zero-order valence-corrected chi connectivity index (χ0v) is 31.4. The number of quaternary nitrogens is 1. The SMILES string of the molecule is CCC[C@H](CO)[C@@H]1C[C@H](CC2CC[NH2+]C(NCCCO)C2)C[C@@H]2C#C[C@H](C3CCCCC3)C3CC(O)C(OC)CC3CCC(=O)CC(=O)[C@@H]2C1. The number of aliphatic hydroxyl groups is 3. The van der Waals surface area contributed by atoms with Gasteiger partial charge in [0.25, 0.3) is 0 Å². The number of hydrogen-bond donors (Lipinski definition) is 5. The molecule has 284 valence electrons. The molecule has 4 fully saturated rings. The van der Waals surface area contributed by atoms with Crippen LogP contribution in [0.3, 0.4) is 0 Å². The number of carbonyl (C=O) groups is 2. The fourth-order valence-corrected chi connectivity index (χ4v) is 11.2. The normalized spacial score (nSPS) is 38.4. The van der Waals surface area contributed by atoms with Gasteiger partial charge in [0.05, 0.1) is 25.2 Å². The number of piperidine rings is 1. The maximum atomic E-state index is 14.3. The van der Waals surface area contributed by atoms with Crippen LogP contribution in [0.5, 0.6) is 0 Å². The summed E-state index contributed by atoms with van der Waals surface area (Å²) in [5.74, 6) is 10.2. The van der Waals surface area contributed by atoms with Crippen molar-refractivity contribution in [3.8, 4) is 11.8 Å². The van der Waals surface area contributed by atoms with Crippen LogP contribution < -0.4 is 10.6 Å². The Labute approximate surface area is 303 Å². The first-order valence-electron chi connectivity index (χ1n) is 20.9. The van der Waals surface area contributed by atoms with E-state index >= 15 is 0 Å². The van der Waals surface area contributed by atoms with Crippen LogP contribution in [-0.2, 0) is 14.3 Å². The Morgan fingerprint density at radius 3 is 2.50 bits per heavy atom. The number of Topliss-reactive ketones (excluding diaryl/α,β-unsaturated/α-hetero) is 2. The fourth-order valence-electron chi connectivity index (χ4n) is 11.2. The van der Waals surface area contributed by atoms with E-state index in [2.05, 4.69) is 29.4 Å². The first-order chi connectivity index (χ1) is 24.3. The van der Waals surface area contributed by atoms with E-state index in [0.29, 0.717) is 36.8 Å². The van der Waals surface area contributed by atoms with E-state index in [9.17, 15) is 24.9 Å². The lowest BCUT2D eigenvalue weighted by molar-refractivity contribution is -0.705. The van der Waals surface area contributed by atoms with Crippen LogP contribution in [-0.4, -0.2) is 78.7 Å². The average molecular weight is 700 g/mol. The summed E-state index contributed by atoms with van der Waals surface area (Å²) in [4.78, 5) is 27.8. The lowest BCUT2D eigenvalue weighted by Crippen LogP contribution is -2.95. The molecule has 8 nitrogen and oxygen atoms in total. The number of carbonyl (C=O) groups excluding carboxylic acids is 2. The Bertz CT molecular complexity index is 1120. The van der Waals surface area contributed by atoms with Gasteiger partial charge in [0.2, 0.25) is 0 Å². The van der Waals surface area contributed by atoms with Crippen LogP contribution >= 0.6 is 0 Å².